The highest BCUT2D eigenvalue weighted by Crippen LogP contribution is 2.31. The summed E-state index contributed by atoms with van der Waals surface area (Å²) in [6.07, 6.45) is 5.34. The Balaban J connectivity index is 1.65. The summed E-state index contributed by atoms with van der Waals surface area (Å²) in [5.41, 5.74) is 2.68. The van der Waals surface area contributed by atoms with Crippen LogP contribution in [0.3, 0.4) is 0 Å². The first-order valence-electron chi connectivity index (χ1n) is 8.55. The summed E-state index contributed by atoms with van der Waals surface area (Å²) in [5, 5.41) is 8.67. The second-order valence-corrected chi connectivity index (χ2v) is 8.40. The standard InChI is InChI=1S/C18H21N5O2S/c1-11(2)25-17-7-14-15(8-20-17)21-22-18(14)12-4-5-19-16(6-12)23-9-13(10-23)26(3)24/h4-8,11,13H,9-10H2,1-3H3,(H,21,22). The van der Waals surface area contributed by atoms with Crippen molar-refractivity contribution in [2.24, 2.45) is 0 Å². The summed E-state index contributed by atoms with van der Waals surface area (Å²) >= 11 is 0. The van der Waals surface area contributed by atoms with E-state index in [0.29, 0.717) is 5.88 Å². The summed E-state index contributed by atoms with van der Waals surface area (Å²) < 4.78 is 17.2. The number of aromatic amines is 1. The lowest BCUT2D eigenvalue weighted by molar-refractivity contribution is 0.233. The summed E-state index contributed by atoms with van der Waals surface area (Å²) in [5.74, 6) is 1.47. The molecule has 1 fully saturated rings. The minimum absolute atomic E-state index is 0.0614. The molecule has 1 aliphatic heterocycles. The molecular weight excluding hydrogens is 350 g/mol. The Labute approximate surface area is 154 Å². The second-order valence-electron chi connectivity index (χ2n) is 6.74. The van der Waals surface area contributed by atoms with Gasteiger partial charge in [0, 0.05) is 53.4 Å². The molecule has 3 aromatic heterocycles. The molecule has 0 aromatic carbocycles. The molecule has 0 aliphatic carbocycles. The molecule has 1 saturated heterocycles. The van der Waals surface area contributed by atoms with Crippen molar-refractivity contribution in [3.63, 3.8) is 0 Å². The predicted octanol–water partition coefficient (Wildman–Crippen LogP) is 2.37. The SMILES string of the molecule is CC(C)Oc1cc2c(-c3ccnc(N4CC(S(C)=O)C4)c3)n[nH]c2cn1. The average molecular weight is 371 g/mol. The molecule has 7 nitrogen and oxygen atoms in total. The van der Waals surface area contributed by atoms with Gasteiger partial charge in [0.25, 0.3) is 0 Å². The molecule has 1 N–H and O–H groups in total. The first-order valence-corrected chi connectivity index (χ1v) is 10.2. The van der Waals surface area contributed by atoms with Crippen molar-refractivity contribution in [1.29, 1.82) is 0 Å². The van der Waals surface area contributed by atoms with E-state index < -0.39 is 10.8 Å². The molecule has 8 heteroatoms. The topological polar surface area (TPSA) is 84.0 Å². The molecule has 26 heavy (non-hydrogen) atoms. The Morgan fingerprint density at radius 1 is 1.31 bits per heavy atom. The molecule has 0 spiro atoms. The molecule has 1 unspecified atom stereocenters. The molecule has 4 heterocycles. The van der Waals surface area contributed by atoms with Crippen LogP contribution in [0.25, 0.3) is 22.2 Å². The Morgan fingerprint density at radius 2 is 2.12 bits per heavy atom. The van der Waals surface area contributed by atoms with E-state index in [1.807, 2.05) is 32.0 Å². The zero-order valence-electron chi connectivity index (χ0n) is 15.0. The van der Waals surface area contributed by atoms with E-state index >= 15 is 0 Å². The number of H-pyrrole nitrogens is 1. The molecule has 0 bridgehead atoms. The smallest absolute Gasteiger partial charge is 0.214 e. The van der Waals surface area contributed by atoms with E-state index in [2.05, 4.69) is 25.1 Å². The van der Waals surface area contributed by atoms with Gasteiger partial charge in [0.15, 0.2) is 0 Å². The van der Waals surface area contributed by atoms with Crippen LogP contribution in [0.2, 0.25) is 0 Å². The number of fused-ring (bicyclic) bond motifs is 1. The third-order valence-electron chi connectivity index (χ3n) is 4.44. The molecule has 0 amide bonds. The lowest BCUT2D eigenvalue weighted by Gasteiger charge is -2.38. The Bertz CT molecular complexity index is 965. The third-order valence-corrected chi connectivity index (χ3v) is 5.68. The Kier molecular flexibility index (Phi) is 4.36. The van der Waals surface area contributed by atoms with Gasteiger partial charge < -0.3 is 9.64 Å². The molecule has 0 radical (unpaired) electrons. The van der Waals surface area contributed by atoms with Gasteiger partial charge in [0.2, 0.25) is 5.88 Å². The largest absolute Gasteiger partial charge is 0.475 e. The maximum Gasteiger partial charge on any atom is 0.214 e. The van der Waals surface area contributed by atoms with Gasteiger partial charge in [0.1, 0.15) is 11.5 Å². The van der Waals surface area contributed by atoms with E-state index in [1.165, 1.54) is 0 Å². The highest BCUT2D eigenvalue weighted by Gasteiger charge is 2.30. The maximum absolute atomic E-state index is 11.5. The van der Waals surface area contributed by atoms with Gasteiger partial charge in [-0.15, -0.1) is 0 Å². The predicted molar refractivity (Wildman–Crippen MR) is 103 cm³/mol. The van der Waals surface area contributed by atoms with Crippen LogP contribution < -0.4 is 9.64 Å². The zero-order chi connectivity index (χ0) is 18.3. The fourth-order valence-corrected chi connectivity index (χ4v) is 3.78. The van der Waals surface area contributed by atoms with Crippen molar-refractivity contribution < 1.29 is 8.95 Å². The summed E-state index contributed by atoms with van der Waals surface area (Å²) in [6.45, 7) is 5.50. The normalized spacial score (nSPS) is 16.1. The monoisotopic (exact) mass is 371 g/mol. The number of aromatic nitrogens is 4. The van der Waals surface area contributed by atoms with E-state index in [9.17, 15) is 4.21 Å². The number of pyridine rings is 2. The van der Waals surface area contributed by atoms with Crippen molar-refractivity contribution in [2.75, 3.05) is 24.2 Å². The first kappa shape index (κ1) is 17.0. The average Bonchev–Trinajstić information content (AvgIpc) is 2.96. The molecule has 4 rings (SSSR count). The fourth-order valence-electron chi connectivity index (χ4n) is 3.00. The summed E-state index contributed by atoms with van der Waals surface area (Å²) in [6, 6.07) is 5.87. The van der Waals surface area contributed by atoms with Crippen LogP contribution in [0.4, 0.5) is 5.82 Å². The molecule has 1 atom stereocenters. The van der Waals surface area contributed by atoms with Crippen LogP contribution in [-0.2, 0) is 10.8 Å². The molecule has 136 valence electrons. The van der Waals surface area contributed by atoms with Crippen LogP contribution in [0.5, 0.6) is 5.88 Å². The molecular formula is C18H21N5O2S. The van der Waals surface area contributed by atoms with Crippen LogP contribution in [0.15, 0.2) is 30.6 Å². The summed E-state index contributed by atoms with van der Waals surface area (Å²) in [7, 11) is -0.787. The fraction of sp³-hybridized carbons (Fsp3) is 0.389. The van der Waals surface area contributed by atoms with E-state index in [0.717, 1.165) is 41.1 Å². The highest BCUT2D eigenvalue weighted by molar-refractivity contribution is 7.85. The van der Waals surface area contributed by atoms with E-state index in [-0.39, 0.29) is 11.4 Å². The second kappa shape index (κ2) is 6.68. The first-order chi connectivity index (χ1) is 12.5. The number of hydrogen-bond acceptors (Lipinski definition) is 6. The van der Waals surface area contributed by atoms with Gasteiger partial charge in [-0.25, -0.2) is 9.97 Å². The maximum atomic E-state index is 11.5. The van der Waals surface area contributed by atoms with Crippen molar-refractivity contribution in [1.82, 2.24) is 20.2 Å². The van der Waals surface area contributed by atoms with Crippen molar-refractivity contribution in [3.8, 4) is 17.1 Å². The van der Waals surface area contributed by atoms with Crippen LogP contribution in [-0.4, -0.2) is 55.1 Å². The van der Waals surface area contributed by atoms with Gasteiger partial charge in [-0.1, -0.05) is 0 Å². The Morgan fingerprint density at radius 3 is 2.85 bits per heavy atom. The number of ether oxygens (including phenoxy) is 1. The van der Waals surface area contributed by atoms with Gasteiger partial charge in [0.05, 0.1) is 23.1 Å². The number of hydrogen-bond donors (Lipinski definition) is 1. The quantitative estimate of drug-likeness (QED) is 0.741. The third kappa shape index (κ3) is 3.16. The van der Waals surface area contributed by atoms with Gasteiger partial charge in [-0.2, -0.15) is 5.10 Å². The van der Waals surface area contributed by atoms with Crippen LogP contribution in [0.1, 0.15) is 13.8 Å². The zero-order valence-corrected chi connectivity index (χ0v) is 15.8. The highest BCUT2D eigenvalue weighted by atomic mass is 32.2. The minimum atomic E-state index is -0.787. The number of rotatable bonds is 5. The van der Waals surface area contributed by atoms with E-state index in [1.54, 1.807) is 18.6 Å². The lowest BCUT2D eigenvalue weighted by atomic mass is 10.1. The van der Waals surface area contributed by atoms with Crippen LogP contribution in [0, 0.1) is 0 Å². The number of nitrogens with zero attached hydrogens (tertiary/aromatic N) is 4. The minimum Gasteiger partial charge on any atom is -0.475 e. The van der Waals surface area contributed by atoms with Crippen LogP contribution >= 0.6 is 0 Å². The molecule has 3 aromatic rings. The van der Waals surface area contributed by atoms with Crippen molar-refractivity contribution in [2.45, 2.75) is 25.2 Å². The van der Waals surface area contributed by atoms with E-state index in [4.69, 9.17) is 4.74 Å². The van der Waals surface area contributed by atoms with Gasteiger partial charge in [-0.3, -0.25) is 9.31 Å². The molecule has 1 aliphatic rings. The summed E-state index contributed by atoms with van der Waals surface area (Å²) in [4.78, 5) is 10.9. The van der Waals surface area contributed by atoms with Gasteiger partial charge >= 0.3 is 0 Å². The van der Waals surface area contributed by atoms with Gasteiger partial charge in [-0.05, 0) is 26.0 Å². The number of anilines is 1. The lowest BCUT2D eigenvalue weighted by Crippen LogP contribution is -2.53. The van der Waals surface area contributed by atoms with Crippen molar-refractivity contribution >= 4 is 27.5 Å². The van der Waals surface area contributed by atoms with Crippen molar-refractivity contribution in [3.05, 3.63) is 30.6 Å². The Hall–Kier alpha value is -2.48. The number of nitrogens with one attached hydrogen (secondary N) is 1. The molecule has 0 saturated carbocycles.